The van der Waals surface area contributed by atoms with Gasteiger partial charge in [0.1, 0.15) is 5.60 Å². The van der Waals surface area contributed by atoms with E-state index in [4.69, 9.17) is 4.74 Å². The van der Waals surface area contributed by atoms with Crippen LogP contribution in [0.2, 0.25) is 0 Å². The molecule has 1 amide bonds. The van der Waals surface area contributed by atoms with Gasteiger partial charge in [-0.2, -0.15) is 0 Å². The fourth-order valence-electron chi connectivity index (χ4n) is 1.89. The summed E-state index contributed by atoms with van der Waals surface area (Å²) in [7, 11) is 0. The molecule has 1 atom stereocenters. The van der Waals surface area contributed by atoms with E-state index in [1.54, 1.807) is 4.90 Å². The maximum atomic E-state index is 11.8. The average Bonchev–Trinajstić information content (AvgIpc) is 2.58. The van der Waals surface area contributed by atoms with Crippen LogP contribution in [0.25, 0.3) is 0 Å². The van der Waals surface area contributed by atoms with Gasteiger partial charge in [0.2, 0.25) is 0 Å². The standard InChI is InChI=1S/C13H21NO3/c1-6-10(15)13(5)7-8-14(9-13)11(16)17-12(2,3)4/h6H,1,7-9H2,2-5H3. The Balaban J connectivity index is 2.65. The Kier molecular flexibility index (Phi) is 3.65. The highest BCUT2D eigenvalue weighted by Crippen LogP contribution is 2.32. The summed E-state index contributed by atoms with van der Waals surface area (Å²) in [5.74, 6) is -0.0106. The molecule has 96 valence electrons. The predicted octanol–water partition coefficient (Wildman–Crippen LogP) is 2.39. The van der Waals surface area contributed by atoms with Crippen LogP contribution in [0.5, 0.6) is 0 Å². The molecule has 1 saturated heterocycles. The first-order chi connectivity index (χ1) is 7.68. The Morgan fingerprint density at radius 1 is 1.41 bits per heavy atom. The number of likely N-dealkylation sites (tertiary alicyclic amines) is 1. The van der Waals surface area contributed by atoms with Crippen molar-refractivity contribution < 1.29 is 14.3 Å². The molecule has 4 heteroatoms. The van der Waals surface area contributed by atoms with Crippen LogP contribution in [-0.2, 0) is 9.53 Å². The summed E-state index contributed by atoms with van der Waals surface area (Å²) in [6, 6.07) is 0. The molecule has 1 heterocycles. The van der Waals surface area contributed by atoms with Crippen molar-refractivity contribution in [3.05, 3.63) is 12.7 Å². The van der Waals surface area contributed by atoms with Gasteiger partial charge in [0.25, 0.3) is 0 Å². The highest BCUT2D eigenvalue weighted by molar-refractivity contribution is 5.95. The van der Waals surface area contributed by atoms with Gasteiger partial charge in [-0.3, -0.25) is 4.79 Å². The molecule has 1 unspecified atom stereocenters. The van der Waals surface area contributed by atoms with Crippen molar-refractivity contribution in [2.24, 2.45) is 5.41 Å². The van der Waals surface area contributed by atoms with Crippen LogP contribution in [0, 0.1) is 5.41 Å². The molecule has 0 aromatic heterocycles. The number of carbonyl (C=O) groups excluding carboxylic acids is 2. The number of rotatable bonds is 2. The minimum atomic E-state index is -0.501. The van der Waals surface area contributed by atoms with E-state index in [2.05, 4.69) is 6.58 Å². The second kappa shape index (κ2) is 4.51. The summed E-state index contributed by atoms with van der Waals surface area (Å²) in [5.41, 5.74) is -1.00. The van der Waals surface area contributed by atoms with Gasteiger partial charge in [-0.25, -0.2) is 4.79 Å². The fourth-order valence-corrected chi connectivity index (χ4v) is 1.89. The molecule has 0 aromatic rings. The summed E-state index contributed by atoms with van der Waals surface area (Å²) in [4.78, 5) is 25.1. The largest absolute Gasteiger partial charge is 0.444 e. The normalized spacial score (nSPS) is 24.6. The molecule has 0 saturated carbocycles. The second-order valence-corrected chi connectivity index (χ2v) is 5.78. The van der Waals surface area contributed by atoms with Crippen LogP contribution < -0.4 is 0 Å². The van der Waals surface area contributed by atoms with E-state index >= 15 is 0 Å². The van der Waals surface area contributed by atoms with Gasteiger partial charge in [0, 0.05) is 18.5 Å². The van der Waals surface area contributed by atoms with Gasteiger partial charge >= 0.3 is 6.09 Å². The molecule has 1 rings (SSSR count). The van der Waals surface area contributed by atoms with Gasteiger partial charge in [0.15, 0.2) is 5.78 Å². The zero-order valence-corrected chi connectivity index (χ0v) is 11.1. The maximum Gasteiger partial charge on any atom is 0.410 e. The number of hydrogen-bond acceptors (Lipinski definition) is 3. The van der Waals surface area contributed by atoms with E-state index in [0.29, 0.717) is 19.5 Å². The van der Waals surface area contributed by atoms with Crippen LogP contribution in [0.15, 0.2) is 12.7 Å². The minimum absolute atomic E-state index is 0.0106. The van der Waals surface area contributed by atoms with Crippen molar-refractivity contribution in [2.75, 3.05) is 13.1 Å². The number of ketones is 1. The Labute approximate surface area is 103 Å². The third kappa shape index (κ3) is 3.32. The number of carbonyl (C=O) groups is 2. The number of nitrogens with zero attached hydrogens (tertiary/aromatic N) is 1. The van der Waals surface area contributed by atoms with Gasteiger partial charge in [-0.1, -0.05) is 13.5 Å². The molecule has 0 bridgehead atoms. The van der Waals surface area contributed by atoms with E-state index in [9.17, 15) is 9.59 Å². The van der Waals surface area contributed by atoms with Crippen molar-refractivity contribution in [3.63, 3.8) is 0 Å². The molecule has 17 heavy (non-hydrogen) atoms. The van der Waals surface area contributed by atoms with Crippen LogP contribution in [0.3, 0.4) is 0 Å². The number of ether oxygens (including phenoxy) is 1. The van der Waals surface area contributed by atoms with Gasteiger partial charge in [-0.05, 0) is 33.3 Å². The molecular weight excluding hydrogens is 218 g/mol. The van der Waals surface area contributed by atoms with E-state index in [1.807, 2.05) is 27.7 Å². The first-order valence-corrected chi connectivity index (χ1v) is 5.83. The van der Waals surface area contributed by atoms with E-state index in [0.717, 1.165) is 0 Å². The Bertz CT molecular complexity index is 343. The van der Waals surface area contributed by atoms with Crippen molar-refractivity contribution >= 4 is 11.9 Å². The molecule has 0 N–H and O–H groups in total. The van der Waals surface area contributed by atoms with Crippen LogP contribution in [0.4, 0.5) is 4.79 Å². The van der Waals surface area contributed by atoms with Crippen molar-refractivity contribution in [1.29, 1.82) is 0 Å². The lowest BCUT2D eigenvalue weighted by molar-refractivity contribution is -0.122. The Morgan fingerprint density at radius 3 is 2.47 bits per heavy atom. The molecule has 1 aliphatic rings. The SMILES string of the molecule is C=CC(=O)C1(C)CCN(C(=O)OC(C)(C)C)C1. The van der Waals surface area contributed by atoms with Crippen LogP contribution in [0.1, 0.15) is 34.1 Å². The van der Waals surface area contributed by atoms with E-state index < -0.39 is 11.0 Å². The molecule has 4 nitrogen and oxygen atoms in total. The molecular formula is C13H21NO3. The fraction of sp³-hybridized carbons (Fsp3) is 0.692. The zero-order valence-electron chi connectivity index (χ0n) is 11.1. The van der Waals surface area contributed by atoms with Crippen LogP contribution >= 0.6 is 0 Å². The smallest absolute Gasteiger partial charge is 0.410 e. The van der Waals surface area contributed by atoms with Gasteiger partial charge in [-0.15, -0.1) is 0 Å². The Hall–Kier alpha value is -1.32. The minimum Gasteiger partial charge on any atom is -0.444 e. The Morgan fingerprint density at radius 2 is 2.00 bits per heavy atom. The van der Waals surface area contributed by atoms with Crippen molar-refractivity contribution in [1.82, 2.24) is 4.90 Å². The zero-order chi connectivity index (χ0) is 13.3. The highest BCUT2D eigenvalue weighted by atomic mass is 16.6. The lowest BCUT2D eigenvalue weighted by Gasteiger charge is -2.25. The average molecular weight is 239 g/mol. The predicted molar refractivity (Wildman–Crippen MR) is 65.7 cm³/mol. The monoisotopic (exact) mass is 239 g/mol. The van der Waals surface area contributed by atoms with E-state index in [1.165, 1.54) is 6.08 Å². The first kappa shape index (κ1) is 13.7. The molecule has 1 aliphatic heterocycles. The summed E-state index contributed by atoms with van der Waals surface area (Å²) < 4.78 is 5.28. The van der Waals surface area contributed by atoms with Crippen molar-refractivity contribution in [3.8, 4) is 0 Å². The van der Waals surface area contributed by atoms with Gasteiger partial charge in [0.05, 0.1) is 0 Å². The lowest BCUT2D eigenvalue weighted by Crippen LogP contribution is -2.38. The number of amides is 1. The summed E-state index contributed by atoms with van der Waals surface area (Å²) >= 11 is 0. The first-order valence-electron chi connectivity index (χ1n) is 5.83. The molecule has 0 radical (unpaired) electrons. The quantitative estimate of drug-likeness (QED) is 0.695. The number of hydrogen-bond donors (Lipinski definition) is 0. The molecule has 0 spiro atoms. The van der Waals surface area contributed by atoms with Crippen molar-refractivity contribution in [2.45, 2.75) is 39.7 Å². The summed E-state index contributed by atoms with van der Waals surface area (Å²) in [6.45, 7) is 11.8. The molecule has 0 aliphatic carbocycles. The summed E-state index contributed by atoms with van der Waals surface area (Å²) in [5, 5.41) is 0. The van der Waals surface area contributed by atoms with Gasteiger partial charge < -0.3 is 9.64 Å². The second-order valence-electron chi connectivity index (χ2n) is 5.78. The molecule has 0 aromatic carbocycles. The summed E-state index contributed by atoms with van der Waals surface area (Å²) in [6.07, 6.45) is 1.65. The maximum absolute atomic E-state index is 11.8. The highest BCUT2D eigenvalue weighted by Gasteiger charge is 2.41. The third-order valence-electron chi connectivity index (χ3n) is 2.91. The molecule has 1 fully saturated rings. The lowest BCUT2D eigenvalue weighted by atomic mass is 9.85. The van der Waals surface area contributed by atoms with Crippen LogP contribution in [-0.4, -0.2) is 35.5 Å². The third-order valence-corrected chi connectivity index (χ3v) is 2.91. The van der Waals surface area contributed by atoms with E-state index in [-0.39, 0.29) is 11.9 Å². The number of allylic oxidation sites excluding steroid dienone is 1. The topological polar surface area (TPSA) is 46.6 Å².